The van der Waals surface area contributed by atoms with Gasteiger partial charge >= 0.3 is 0 Å². The average Bonchev–Trinajstić information content (AvgIpc) is 2.45. The molecule has 0 saturated carbocycles. The number of nitrogens with two attached hydrogens (primary N) is 1. The fourth-order valence-electron chi connectivity index (χ4n) is 3.43. The predicted molar refractivity (Wildman–Crippen MR) is 85.9 cm³/mol. The van der Waals surface area contributed by atoms with Crippen LogP contribution in [0, 0.1) is 11.8 Å². The molecule has 0 aromatic carbocycles. The van der Waals surface area contributed by atoms with E-state index in [1.165, 1.54) is 51.7 Å². The summed E-state index contributed by atoms with van der Waals surface area (Å²) in [6.45, 7) is 11.4. The zero-order valence-corrected chi connectivity index (χ0v) is 13.4. The number of hydrogen-bond donors (Lipinski definition) is 1. The van der Waals surface area contributed by atoms with E-state index in [4.69, 9.17) is 5.73 Å². The van der Waals surface area contributed by atoms with Gasteiger partial charge in [-0.2, -0.15) is 0 Å². The minimum absolute atomic E-state index is 0.700. The first-order valence-corrected chi connectivity index (χ1v) is 8.42. The molecule has 0 spiro atoms. The molecule has 0 amide bonds. The minimum atomic E-state index is 0.700. The standard InChI is InChI=1S/C16H32N4/c1-14(2)12-19-8-6-7-15(13-19)11-18-16(17)20-9-4-3-5-10-20/h14-15H,3-13H2,1-2H3,(H2,17,18). The van der Waals surface area contributed by atoms with Gasteiger partial charge in [0.1, 0.15) is 0 Å². The lowest BCUT2D eigenvalue weighted by molar-refractivity contribution is 0.162. The molecule has 1 unspecified atom stereocenters. The van der Waals surface area contributed by atoms with Crippen molar-refractivity contribution >= 4 is 5.96 Å². The van der Waals surface area contributed by atoms with Crippen molar-refractivity contribution < 1.29 is 0 Å². The lowest BCUT2D eigenvalue weighted by atomic mass is 9.97. The smallest absolute Gasteiger partial charge is 0.191 e. The van der Waals surface area contributed by atoms with E-state index in [0.29, 0.717) is 5.92 Å². The predicted octanol–water partition coefficient (Wildman–Crippen LogP) is 2.16. The molecule has 116 valence electrons. The van der Waals surface area contributed by atoms with Gasteiger partial charge in [-0.05, 0) is 50.5 Å². The van der Waals surface area contributed by atoms with Crippen LogP contribution in [0.3, 0.4) is 0 Å². The number of piperidine rings is 2. The zero-order valence-electron chi connectivity index (χ0n) is 13.4. The summed E-state index contributed by atoms with van der Waals surface area (Å²) in [7, 11) is 0. The molecule has 0 bridgehead atoms. The number of nitrogens with zero attached hydrogens (tertiary/aromatic N) is 3. The third kappa shape index (κ3) is 4.97. The van der Waals surface area contributed by atoms with Crippen LogP contribution in [0.25, 0.3) is 0 Å². The van der Waals surface area contributed by atoms with Gasteiger partial charge in [-0.15, -0.1) is 0 Å². The molecule has 20 heavy (non-hydrogen) atoms. The van der Waals surface area contributed by atoms with E-state index >= 15 is 0 Å². The summed E-state index contributed by atoms with van der Waals surface area (Å²) in [6, 6.07) is 0. The summed E-state index contributed by atoms with van der Waals surface area (Å²) in [4.78, 5) is 9.54. The Morgan fingerprint density at radius 3 is 2.60 bits per heavy atom. The molecule has 2 heterocycles. The third-order valence-electron chi connectivity index (χ3n) is 4.42. The Bertz CT molecular complexity index is 308. The Kier molecular flexibility index (Phi) is 6.14. The van der Waals surface area contributed by atoms with Gasteiger partial charge in [-0.3, -0.25) is 4.99 Å². The van der Waals surface area contributed by atoms with Gasteiger partial charge in [-0.1, -0.05) is 13.8 Å². The van der Waals surface area contributed by atoms with Crippen LogP contribution in [0.4, 0.5) is 0 Å². The maximum atomic E-state index is 6.14. The molecular weight excluding hydrogens is 248 g/mol. The van der Waals surface area contributed by atoms with Gasteiger partial charge < -0.3 is 15.5 Å². The Hall–Kier alpha value is -0.770. The second-order valence-electron chi connectivity index (χ2n) is 6.91. The molecule has 2 fully saturated rings. The molecule has 1 atom stereocenters. The number of rotatable bonds is 4. The maximum absolute atomic E-state index is 6.14. The van der Waals surface area contributed by atoms with E-state index in [1.54, 1.807) is 0 Å². The Morgan fingerprint density at radius 1 is 1.15 bits per heavy atom. The van der Waals surface area contributed by atoms with E-state index in [2.05, 4.69) is 28.6 Å². The van der Waals surface area contributed by atoms with Crippen LogP contribution in [0.2, 0.25) is 0 Å². The Labute approximate surface area is 124 Å². The normalized spacial score (nSPS) is 26.2. The largest absolute Gasteiger partial charge is 0.370 e. The van der Waals surface area contributed by atoms with E-state index in [0.717, 1.165) is 31.5 Å². The summed E-state index contributed by atoms with van der Waals surface area (Å²) in [5.41, 5.74) is 6.14. The Morgan fingerprint density at radius 2 is 1.90 bits per heavy atom. The van der Waals surface area contributed by atoms with Crippen LogP contribution in [0.1, 0.15) is 46.0 Å². The van der Waals surface area contributed by atoms with Crippen molar-refractivity contribution in [2.45, 2.75) is 46.0 Å². The summed E-state index contributed by atoms with van der Waals surface area (Å²) in [5.74, 6) is 2.24. The minimum Gasteiger partial charge on any atom is -0.370 e. The highest BCUT2D eigenvalue weighted by Crippen LogP contribution is 2.18. The maximum Gasteiger partial charge on any atom is 0.191 e. The second-order valence-corrected chi connectivity index (χ2v) is 6.91. The fraction of sp³-hybridized carbons (Fsp3) is 0.938. The van der Waals surface area contributed by atoms with Crippen molar-refractivity contribution in [3.05, 3.63) is 0 Å². The van der Waals surface area contributed by atoms with E-state index < -0.39 is 0 Å². The summed E-state index contributed by atoms with van der Waals surface area (Å²) in [6.07, 6.45) is 6.50. The molecule has 0 aliphatic carbocycles. The first-order chi connectivity index (χ1) is 9.65. The molecule has 2 aliphatic heterocycles. The molecule has 0 radical (unpaired) electrons. The van der Waals surface area contributed by atoms with Crippen molar-refractivity contribution in [2.24, 2.45) is 22.6 Å². The van der Waals surface area contributed by atoms with Crippen LogP contribution in [-0.4, -0.2) is 55.0 Å². The van der Waals surface area contributed by atoms with Crippen LogP contribution in [-0.2, 0) is 0 Å². The first kappa shape index (κ1) is 15.6. The van der Waals surface area contributed by atoms with Gasteiger partial charge in [0, 0.05) is 32.7 Å². The molecule has 0 aromatic heterocycles. The molecule has 2 N–H and O–H groups in total. The number of aliphatic imine (C=N–C) groups is 1. The molecule has 0 aromatic rings. The summed E-state index contributed by atoms with van der Waals surface area (Å²) >= 11 is 0. The SMILES string of the molecule is CC(C)CN1CCCC(CN=C(N)N2CCCCC2)C1. The van der Waals surface area contributed by atoms with Gasteiger partial charge in [0.25, 0.3) is 0 Å². The van der Waals surface area contributed by atoms with Crippen molar-refractivity contribution in [3.63, 3.8) is 0 Å². The lowest BCUT2D eigenvalue weighted by Gasteiger charge is -2.33. The van der Waals surface area contributed by atoms with Crippen molar-refractivity contribution in [1.29, 1.82) is 0 Å². The van der Waals surface area contributed by atoms with Crippen LogP contribution >= 0.6 is 0 Å². The van der Waals surface area contributed by atoms with Gasteiger partial charge in [0.2, 0.25) is 0 Å². The molecule has 4 heteroatoms. The highest BCUT2D eigenvalue weighted by Gasteiger charge is 2.20. The molecular formula is C16H32N4. The van der Waals surface area contributed by atoms with Gasteiger partial charge in [0.15, 0.2) is 5.96 Å². The number of hydrogen-bond acceptors (Lipinski definition) is 2. The van der Waals surface area contributed by atoms with Crippen LogP contribution < -0.4 is 5.73 Å². The molecule has 2 aliphatic rings. The van der Waals surface area contributed by atoms with Crippen molar-refractivity contribution in [1.82, 2.24) is 9.80 Å². The van der Waals surface area contributed by atoms with Crippen LogP contribution in [0.15, 0.2) is 4.99 Å². The number of guanidine groups is 1. The highest BCUT2D eigenvalue weighted by atomic mass is 15.3. The van der Waals surface area contributed by atoms with Crippen LogP contribution in [0.5, 0.6) is 0 Å². The van der Waals surface area contributed by atoms with E-state index in [-0.39, 0.29) is 0 Å². The molecule has 2 rings (SSSR count). The molecule has 4 nitrogen and oxygen atoms in total. The topological polar surface area (TPSA) is 44.9 Å². The number of likely N-dealkylation sites (tertiary alicyclic amines) is 2. The van der Waals surface area contributed by atoms with Crippen molar-refractivity contribution in [3.8, 4) is 0 Å². The second kappa shape index (κ2) is 7.87. The monoisotopic (exact) mass is 280 g/mol. The quantitative estimate of drug-likeness (QED) is 0.634. The zero-order chi connectivity index (χ0) is 14.4. The average molecular weight is 280 g/mol. The first-order valence-electron chi connectivity index (χ1n) is 8.42. The summed E-state index contributed by atoms with van der Waals surface area (Å²) < 4.78 is 0. The van der Waals surface area contributed by atoms with Crippen molar-refractivity contribution in [2.75, 3.05) is 39.3 Å². The lowest BCUT2D eigenvalue weighted by Crippen LogP contribution is -2.42. The van der Waals surface area contributed by atoms with Gasteiger partial charge in [-0.25, -0.2) is 0 Å². The summed E-state index contributed by atoms with van der Waals surface area (Å²) in [5, 5.41) is 0. The van der Waals surface area contributed by atoms with Gasteiger partial charge in [0.05, 0.1) is 0 Å². The Balaban J connectivity index is 1.77. The fourth-order valence-corrected chi connectivity index (χ4v) is 3.43. The third-order valence-corrected chi connectivity index (χ3v) is 4.42. The molecule has 2 saturated heterocycles. The van der Waals surface area contributed by atoms with E-state index in [9.17, 15) is 0 Å². The highest BCUT2D eigenvalue weighted by molar-refractivity contribution is 5.78. The van der Waals surface area contributed by atoms with E-state index in [1.807, 2.05) is 0 Å².